The molecule has 3 aliphatic heterocycles. The van der Waals surface area contributed by atoms with Gasteiger partial charge in [0.15, 0.2) is 0 Å². The van der Waals surface area contributed by atoms with Gasteiger partial charge < -0.3 is 44.6 Å². The summed E-state index contributed by atoms with van der Waals surface area (Å²) >= 11 is 0. The van der Waals surface area contributed by atoms with Crippen molar-refractivity contribution in [3.8, 4) is 22.4 Å². The quantitative estimate of drug-likeness (QED) is 0.112. The summed E-state index contributed by atoms with van der Waals surface area (Å²) in [6.07, 6.45) is 5.76. The molecule has 2 bridgehead atoms. The fraction of sp³-hybridized carbons (Fsp3) is 0.500. The number of carbonyl (C=O) groups is 4. The summed E-state index contributed by atoms with van der Waals surface area (Å²) in [5.41, 5.74) is 5.79. The molecule has 5 heterocycles. The molecule has 63 heavy (non-hydrogen) atoms. The van der Waals surface area contributed by atoms with E-state index >= 15 is 0 Å². The number of hydrogen-bond donors (Lipinski definition) is 4. The predicted molar refractivity (Wildman–Crippen MR) is 235 cm³/mol. The van der Waals surface area contributed by atoms with Crippen LogP contribution in [0.4, 0.5) is 9.59 Å². The molecule has 5 fully saturated rings. The predicted octanol–water partition coefficient (Wildman–Crippen LogP) is 7.26. The van der Waals surface area contributed by atoms with Gasteiger partial charge in [-0.3, -0.25) is 9.59 Å². The molecule has 330 valence electrons. The lowest BCUT2D eigenvalue weighted by molar-refractivity contribution is -0.139. The number of likely N-dealkylation sites (tertiary alicyclic amines) is 2. The van der Waals surface area contributed by atoms with Gasteiger partial charge in [0.05, 0.1) is 49.2 Å². The van der Waals surface area contributed by atoms with Crippen LogP contribution in [0, 0.1) is 29.6 Å². The number of fused-ring (bicyclic) bond motifs is 6. The number of alkyl carbamates (subject to hydrolysis) is 2. The number of aromatic amines is 2. The van der Waals surface area contributed by atoms with E-state index in [0.29, 0.717) is 43.8 Å². The highest BCUT2D eigenvalue weighted by Crippen LogP contribution is 2.58. The van der Waals surface area contributed by atoms with Gasteiger partial charge in [0.25, 0.3) is 0 Å². The number of carbonyl (C=O) groups excluding carboxylic acids is 4. The van der Waals surface area contributed by atoms with Crippen molar-refractivity contribution < 1.29 is 33.4 Å². The Kier molecular flexibility index (Phi) is 10.6. The number of hydrogen-bond acceptors (Lipinski definition) is 9. The molecule has 15 heteroatoms. The number of rotatable bonds is 10. The number of piperidine rings is 2. The van der Waals surface area contributed by atoms with Crippen molar-refractivity contribution in [1.82, 2.24) is 40.4 Å². The second-order valence-electron chi connectivity index (χ2n) is 18.6. The summed E-state index contributed by atoms with van der Waals surface area (Å²) < 4.78 is 15.4. The first-order valence-corrected chi connectivity index (χ1v) is 22.5. The van der Waals surface area contributed by atoms with Gasteiger partial charge in [-0.2, -0.15) is 0 Å². The SMILES string of the molecule is COC(=O)NC(C(=O)N1C2C(C[C@H]1c1ncc(-c3ccc(-c4ccc5c(ccc6[nH]c([C@@H]7[C@H]8CC[C@H](C8)N7C(=O)[C@@H](NC(=O)OC)C(C)C)nc65)c4)cc3)[nH]1)[C@H]2C)C1CCOCC1. The average Bonchev–Trinajstić information content (AvgIpc) is 4.04. The Hall–Kier alpha value is -5.96. The van der Waals surface area contributed by atoms with Crippen LogP contribution in [0.5, 0.6) is 0 Å². The molecule has 9 atom stereocenters. The van der Waals surface area contributed by atoms with Crippen molar-refractivity contribution in [2.24, 2.45) is 29.6 Å². The van der Waals surface area contributed by atoms with Gasteiger partial charge in [-0.1, -0.05) is 63.2 Å². The van der Waals surface area contributed by atoms with E-state index in [2.05, 4.69) is 82.1 Å². The number of aromatic nitrogens is 4. The van der Waals surface area contributed by atoms with E-state index in [9.17, 15) is 19.2 Å². The topological polar surface area (TPSA) is 184 Å². The van der Waals surface area contributed by atoms with Gasteiger partial charge in [-0.15, -0.1) is 0 Å². The monoisotopic (exact) mass is 856 g/mol. The molecule has 15 nitrogen and oxygen atoms in total. The van der Waals surface area contributed by atoms with E-state index in [1.807, 2.05) is 29.8 Å². The molecule has 5 aliphatic rings. The third kappa shape index (κ3) is 7.27. The molecule has 2 aromatic heterocycles. The zero-order valence-corrected chi connectivity index (χ0v) is 36.4. The molecule has 2 aliphatic carbocycles. The first-order chi connectivity index (χ1) is 30.5. The molecule has 10 rings (SSSR count). The highest BCUT2D eigenvalue weighted by molar-refractivity contribution is 6.05. The lowest BCUT2D eigenvalue weighted by Gasteiger charge is -2.37. The molecule has 0 spiro atoms. The second-order valence-corrected chi connectivity index (χ2v) is 18.6. The standard InChI is InChI=1S/C48H56N8O7/c1-24(2)38(53-47(59)61-4)45(57)55-32-13-10-31(21-32)42(55)44-50-35-15-12-30-20-29(11-14-33(30)40(35)52-44)26-6-8-27(9-7-26)36-23-49-43(51-36)37-22-34-25(3)41(34)56(37)46(58)39(54-48(60)62-5)28-16-18-63-19-17-28/h6-9,11-12,14-15,20,23-25,28,31-32,34,37-39,41-42H,10,13,16-19,21-22H2,1-5H3,(H,49,51)(H,50,52)(H,53,59)(H,54,60)/t25-,31+,32-,34?,37+,38+,39?,41?,42+/m1/s1. The van der Waals surface area contributed by atoms with Crippen molar-refractivity contribution in [3.63, 3.8) is 0 Å². The number of methoxy groups -OCH3 is 2. The van der Waals surface area contributed by atoms with Crippen LogP contribution in [-0.2, 0) is 23.8 Å². The fourth-order valence-corrected chi connectivity index (χ4v) is 11.4. The summed E-state index contributed by atoms with van der Waals surface area (Å²) in [6, 6.07) is 17.5. The Morgan fingerprint density at radius 2 is 1.54 bits per heavy atom. The van der Waals surface area contributed by atoms with Crippen molar-refractivity contribution in [2.75, 3.05) is 27.4 Å². The normalized spacial score (nSPS) is 26.2. The zero-order chi connectivity index (χ0) is 43.7. The minimum Gasteiger partial charge on any atom is -0.453 e. The van der Waals surface area contributed by atoms with Crippen LogP contribution < -0.4 is 10.6 Å². The maximum absolute atomic E-state index is 14.4. The molecule has 2 saturated carbocycles. The van der Waals surface area contributed by atoms with Crippen molar-refractivity contribution in [2.45, 2.75) is 95.5 Å². The van der Waals surface area contributed by atoms with E-state index in [4.69, 9.17) is 24.2 Å². The number of ether oxygens (including phenoxy) is 3. The van der Waals surface area contributed by atoms with E-state index in [0.717, 1.165) is 81.5 Å². The number of nitrogens with zero attached hydrogens (tertiary/aromatic N) is 4. The lowest BCUT2D eigenvalue weighted by Crippen LogP contribution is -2.54. The maximum atomic E-state index is 14.4. The highest BCUT2D eigenvalue weighted by atomic mass is 16.5. The Labute approximate surface area is 366 Å². The minimum absolute atomic E-state index is 0.0314. The summed E-state index contributed by atoms with van der Waals surface area (Å²) in [5.74, 6) is 2.33. The summed E-state index contributed by atoms with van der Waals surface area (Å²) in [7, 11) is 2.63. The van der Waals surface area contributed by atoms with E-state index < -0.39 is 24.3 Å². The average molecular weight is 857 g/mol. The number of nitrogens with one attached hydrogen (secondary N) is 4. The molecule has 4 N–H and O–H groups in total. The van der Waals surface area contributed by atoms with Gasteiger partial charge in [-0.25, -0.2) is 19.6 Å². The van der Waals surface area contributed by atoms with Crippen molar-refractivity contribution in [3.05, 3.63) is 72.4 Å². The van der Waals surface area contributed by atoms with Gasteiger partial charge in [0.1, 0.15) is 23.7 Å². The van der Waals surface area contributed by atoms with Crippen LogP contribution >= 0.6 is 0 Å². The Morgan fingerprint density at radius 3 is 2.29 bits per heavy atom. The molecule has 3 unspecified atom stereocenters. The third-order valence-corrected chi connectivity index (χ3v) is 14.8. The zero-order valence-electron chi connectivity index (χ0n) is 36.4. The van der Waals surface area contributed by atoms with E-state index in [-0.39, 0.29) is 47.8 Å². The Balaban J connectivity index is 0.869. The fourth-order valence-electron chi connectivity index (χ4n) is 11.4. The summed E-state index contributed by atoms with van der Waals surface area (Å²) in [6.45, 7) is 7.18. The smallest absolute Gasteiger partial charge is 0.407 e. The molecule has 0 radical (unpaired) electrons. The van der Waals surface area contributed by atoms with Crippen LogP contribution in [0.1, 0.15) is 83.0 Å². The third-order valence-electron chi connectivity index (χ3n) is 14.8. The van der Waals surface area contributed by atoms with Crippen LogP contribution in [-0.4, -0.2) is 105 Å². The second kappa shape index (κ2) is 16.3. The summed E-state index contributed by atoms with van der Waals surface area (Å²) in [4.78, 5) is 74.2. The molecule has 4 amide bonds. The highest BCUT2D eigenvalue weighted by Gasteiger charge is 2.62. The summed E-state index contributed by atoms with van der Waals surface area (Å²) in [5, 5.41) is 7.74. The molecular formula is C48H56N8O7. The molecule has 5 aromatic rings. The van der Waals surface area contributed by atoms with Crippen LogP contribution in [0.15, 0.2) is 60.8 Å². The van der Waals surface area contributed by atoms with Gasteiger partial charge in [0, 0.05) is 30.7 Å². The minimum atomic E-state index is -0.691. The van der Waals surface area contributed by atoms with E-state index in [1.54, 1.807) is 0 Å². The molecule has 3 aromatic carbocycles. The van der Waals surface area contributed by atoms with Crippen LogP contribution in [0.3, 0.4) is 0 Å². The number of H-pyrrole nitrogens is 2. The largest absolute Gasteiger partial charge is 0.453 e. The molecule has 3 saturated heterocycles. The van der Waals surface area contributed by atoms with E-state index in [1.165, 1.54) is 14.2 Å². The van der Waals surface area contributed by atoms with Crippen LogP contribution in [0.25, 0.3) is 44.2 Å². The van der Waals surface area contributed by atoms with Crippen molar-refractivity contribution in [1.29, 1.82) is 0 Å². The first-order valence-electron chi connectivity index (χ1n) is 22.5. The van der Waals surface area contributed by atoms with Gasteiger partial charge in [0.2, 0.25) is 11.8 Å². The first kappa shape index (κ1) is 41.1. The Morgan fingerprint density at radius 1 is 0.810 bits per heavy atom. The Bertz CT molecular complexity index is 2560. The number of amides is 4. The molecular weight excluding hydrogens is 801 g/mol. The lowest BCUT2D eigenvalue weighted by atomic mass is 9.90. The van der Waals surface area contributed by atoms with Crippen LogP contribution in [0.2, 0.25) is 0 Å². The maximum Gasteiger partial charge on any atom is 0.407 e. The number of benzene rings is 3. The van der Waals surface area contributed by atoms with Gasteiger partial charge in [-0.05, 0) is 102 Å². The number of imidazole rings is 2. The van der Waals surface area contributed by atoms with Crippen molar-refractivity contribution >= 4 is 45.8 Å². The van der Waals surface area contributed by atoms with Gasteiger partial charge >= 0.3 is 12.2 Å².